The molecule has 0 N–H and O–H groups in total. The Morgan fingerprint density at radius 3 is 2.58 bits per heavy atom. The van der Waals surface area contributed by atoms with Crippen LogP contribution < -0.4 is 4.18 Å². The van der Waals surface area contributed by atoms with Gasteiger partial charge in [0, 0.05) is 18.7 Å². The number of hydrogen-bond acceptors (Lipinski definition) is 5. The molecule has 0 aromatic heterocycles. The van der Waals surface area contributed by atoms with Crippen molar-refractivity contribution in [2.75, 3.05) is 26.2 Å². The maximum Gasteiger partial charge on any atom is 0.339 e. The molecule has 0 saturated carbocycles. The van der Waals surface area contributed by atoms with Crippen molar-refractivity contribution in [3.63, 3.8) is 0 Å². The Morgan fingerprint density at radius 1 is 1.12 bits per heavy atom. The van der Waals surface area contributed by atoms with E-state index < -0.39 is 10.1 Å². The number of para-hydroxylation sites is 1. The maximum atomic E-state index is 12.5. The third-order valence-corrected chi connectivity index (χ3v) is 5.34. The summed E-state index contributed by atoms with van der Waals surface area (Å²) in [4.78, 5) is 2.41. The highest BCUT2D eigenvalue weighted by Crippen LogP contribution is 2.32. The van der Waals surface area contributed by atoms with Crippen molar-refractivity contribution in [2.24, 2.45) is 0 Å². The van der Waals surface area contributed by atoms with Crippen LogP contribution in [0.5, 0.6) is 5.75 Å². The molecule has 2 aromatic carbocycles. The second-order valence-corrected chi connectivity index (χ2v) is 7.19. The first-order chi connectivity index (χ1) is 11.6. The molecule has 24 heavy (non-hydrogen) atoms. The smallest absolute Gasteiger partial charge is 0.339 e. The molecule has 0 amide bonds. The number of likely N-dealkylation sites (N-methyl/N-ethyl adjacent to an activating group) is 1. The third-order valence-electron chi connectivity index (χ3n) is 4.10. The molecule has 1 heterocycles. The van der Waals surface area contributed by atoms with Crippen molar-refractivity contribution < 1.29 is 17.3 Å². The van der Waals surface area contributed by atoms with Gasteiger partial charge >= 0.3 is 10.1 Å². The van der Waals surface area contributed by atoms with Crippen LogP contribution >= 0.6 is 0 Å². The van der Waals surface area contributed by atoms with Gasteiger partial charge in [0.2, 0.25) is 0 Å². The summed E-state index contributed by atoms with van der Waals surface area (Å²) in [6, 6.07) is 15.3. The predicted molar refractivity (Wildman–Crippen MR) is 91.5 cm³/mol. The van der Waals surface area contributed by atoms with Crippen LogP contribution in [0.3, 0.4) is 0 Å². The van der Waals surface area contributed by atoms with E-state index in [1.807, 2.05) is 12.1 Å². The highest BCUT2D eigenvalue weighted by molar-refractivity contribution is 7.87. The molecule has 1 atom stereocenters. The summed E-state index contributed by atoms with van der Waals surface area (Å²) in [5, 5.41) is 0. The van der Waals surface area contributed by atoms with E-state index in [4.69, 9.17) is 8.92 Å². The van der Waals surface area contributed by atoms with Crippen molar-refractivity contribution in [3.8, 4) is 5.75 Å². The van der Waals surface area contributed by atoms with Gasteiger partial charge in [0.15, 0.2) is 0 Å². The Morgan fingerprint density at radius 2 is 1.83 bits per heavy atom. The number of benzene rings is 2. The van der Waals surface area contributed by atoms with Crippen LogP contribution in [0, 0.1) is 0 Å². The SMILES string of the molecule is CCN1CCO[C@H](c2ccccc2OS(=O)(=O)c2ccccc2)C1. The lowest BCUT2D eigenvalue weighted by Gasteiger charge is -2.32. The second kappa shape index (κ2) is 7.34. The lowest BCUT2D eigenvalue weighted by Crippen LogP contribution is -2.38. The van der Waals surface area contributed by atoms with E-state index in [0.29, 0.717) is 12.4 Å². The number of rotatable bonds is 5. The average Bonchev–Trinajstić information content (AvgIpc) is 2.63. The lowest BCUT2D eigenvalue weighted by molar-refractivity contribution is -0.0287. The summed E-state index contributed by atoms with van der Waals surface area (Å²) in [6.45, 7) is 5.27. The Labute approximate surface area is 142 Å². The predicted octanol–water partition coefficient (Wildman–Crippen LogP) is 2.85. The fourth-order valence-electron chi connectivity index (χ4n) is 2.75. The number of morpholine rings is 1. The van der Waals surface area contributed by atoms with Crippen molar-refractivity contribution in [1.82, 2.24) is 4.90 Å². The van der Waals surface area contributed by atoms with Crippen LogP contribution in [-0.2, 0) is 14.9 Å². The molecule has 0 aliphatic carbocycles. The molecule has 5 nitrogen and oxygen atoms in total. The molecule has 128 valence electrons. The van der Waals surface area contributed by atoms with E-state index in [1.165, 1.54) is 12.1 Å². The van der Waals surface area contributed by atoms with Gasteiger partial charge in [-0.3, -0.25) is 4.90 Å². The van der Waals surface area contributed by atoms with Crippen LogP contribution in [0.4, 0.5) is 0 Å². The fraction of sp³-hybridized carbons (Fsp3) is 0.333. The van der Waals surface area contributed by atoms with Crippen LogP contribution in [0.25, 0.3) is 0 Å². The molecule has 1 aliphatic rings. The highest BCUT2D eigenvalue weighted by atomic mass is 32.2. The lowest BCUT2D eigenvalue weighted by atomic mass is 10.1. The standard InChI is InChI=1S/C18H21NO4S/c1-2-19-12-13-22-18(14-19)16-10-6-7-11-17(16)23-24(20,21)15-8-4-3-5-9-15/h3-11,18H,2,12-14H2,1H3/t18-/m0/s1. The van der Waals surface area contributed by atoms with Gasteiger partial charge in [-0.25, -0.2) is 0 Å². The molecule has 1 saturated heterocycles. The van der Waals surface area contributed by atoms with Crippen molar-refractivity contribution in [3.05, 3.63) is 60.2 Å². The van der Waals surface area contributed by atoms with Crippen LogP contribution in [0.1, 0.15) is 18.6 Å². The molecule has 0 radical (unpaired) electrons. The van der Waals surface area contributed by atoms with Gasteiger partial charge in [0.25, 0.3) is 0 Å². The van der Waals surface area contributed by atoms with Gasteiger partial charge in [-0.1, -0.05) is 43.3 Å². The van der Waals surface area contributed by atoms with Gasteiger partial charge in [0.05, 0.1) is 12.7 Å². The average molecular weight is 347 g/mol. The van der Waals surface area contributed by atoms with Crippen LogP contribution in [-0.4, -0.2) is 39.6 Å². The first-order valence-electron chi connectivity index (χ1n) is 8.02. The van der Waals surface area contributed by atoms with Crippen LogP contribution in [0.2, 0.25) is 0 Å². The summed E-state index contributed by atoms with van der Waals surface area (Å²) >= 11 is 0. The minimum Gasteiger partial charge on any atom is -0.379 e. The summed E-state index contributed by atoms with van der Waals surface area (Å²) < 4.78 is 36.2. The topological polar surface area (TPSA) is 55.8 Å². The Kier molecular flexibility index (Phi) is 5.18. The zero-order valence-corrected chi connectivity index (χ0v) is 14.4. The molecule has 0 unspecified atom stereocenters. The Bertz CT molecular complexity index is 777. The van der Waals surface area contributed by atoms with Gasteiger partial charge in [-0.15, -0.1) is 0 Å². The monoisotopic (exact) mass is 347 g/mol. The van der Waals surface area contributed by atoms with Gasteiger partial charge in [0.1, 0.15) is 10.6 Å². The zero-order chi connectivity index (χ0) is 17.0. The number of nitrogens with zero attached hydrogens (tertiary/aromatic N) is 1. The first kappa shape index (κ1) is 17.0. The van der Waals surface area contributed by atoms with E-state index in [9.17, 15) is 8.42 Å². The normalized spacial score (nSPS) is 19.1. The molecule has 6 heteroatoms. The van der Waals surface area contributed by atoms with Gasteiger partial charge in [-0.05, 0) is 24.7 Å². The van der Waals surface area contributed by atoms with E-state index in [-0.39, 0.29) is 11.0 Å². The van der Waals surface area contributed by atoms with Crippen LogP contribution in [0.15, 0.2) is 59.5 Å². The summed E-state index contributed by atoms with van der Waals surface area (Å²) in [7, 11) is -3.86. The molecule has 1 fully saturated rings. The first-order valence-corrected chi connectivity index (χ1v) is 9.43. The fourth-order valence-corrected chi connectivity index (χ4v) is 3.73. The van der Waals surface area contributed by atoms with Crippen molar-refractivity contribution in [2.45, 2.75) is 17.9 Å². The minimum absolute atomic E-state index is 0.138. The minimum atomic E-state index is -3.86. The molecular weight excluding hydrogens is 326 g/mol. The molecule has 3 rings (SSSR count). The quantitative estimate of drug-likeness (QED) is 0.779. The van der Waals surface area contributed by atoms with Gasteiger partial charge < -0.3 is 8.92 Å². The zero-order valence-electron chi connectivity index (χ0n) is 13.6. The van der Waals surface area contributed by atoms with E-state index >= 15 is 0 Å². The molecular formula is C18H21NO4S. The Balaban J connectivity index is 1.87. The highest BCUT2D eigenvalue weighted by Gasteiger charge is 2.26. The van der Waals surface area contributed by atoms with E-state index in [2.05, 4.69) is 11.8 Å². The van der Waals surface area contributed by atoms with Crippen molar-refractivity contribution in [1.29, 1.82) is 0 Å². The molecule has 0 bridgehead atoms. The van der Waals surface area contributed by atoms with E-state index in [1.54, 1.807) is 30.3 Å². The number of hydrogen-bond donors (Lipinski definition) is 0. The number of ether oxygens (including phenoxy) is 1. The third kappa shape index (κ3) is 3.77. The maximum absolute atomic E-state index is 12.5. The second-order valence-electron chi connectivity index (χ2n) is 5.64. The Hall–Kier alpha value is -1.89. The summed E-state index contributed by atoms with van der Waals surface area (Å²) in [5.41, 5.74) is 0.759. The van der Waals surface area contributed by atoms with Crippen molar-refractivity contribution >= 4 is 10.1 Å². The molecule has 1 aliphatic heterocycles. The molecule has 0 spiro atoms. The summed E-state index contributed by atoms with van der Waals surface area (Å²) in [6.07, 6.45) is -0.194. The van der Waals surface area contributed by atoms with E-state index in [0.717, 1.165) is 25.2 Å². The largest absolute Gasteiger partial charge is 0.379 e. The molecule has 2 aromatic rings. The van der Waals surface area contributed by atoms with Gasteiger partial charge in [-0.2, -0.15) is 8.42 Å². The summed E-state index contributed by atoms with van der Waals surface area (Å²) in [5.74, 6) is 0.323.